The highest BCUT2D eigenvalue weighted by Gasteiger charge is 2.45. The molecule has 4 aromatic carbocycles. The summed E-state index contributed by atoms with van der Waals surface area (Å²) < 4.78 is 0. The molecule has 4 rings (SSSR count). The lowest BCUT2D eigenvalue weighted by atomic mass is 10.2. The summed E-state index contributed by atoms with van der Waals surface area (Å²) in [6.45, 7) is 0. The van der Waals surface area contributed by atoms with E-state index in [-0.39, 0.29) is 0 Å². The van der Waals surface area contributed by atoms with Gasteiger partial charge in [0.15, 0.2) is 0 Å². The van der Waals surface area contributed by atoms with Crippen LogP contribution >= 0.6 is 18.9 Å². The Kier molecular flexibility index (Phi) is 5.77. The van der Waals surface area contributed by atoms with Gasteiger partial charge < -0.3 is 0 Å². The average Bonchev–Trinajstić information content (AvgIpc) is 2.80. The first kappa shape index (κ1) is 19.4. The normalized spacial score (nSPS) is 11.0. The van der Waals surface area contributed by atoms with E-state index in [0.29, 0.717) is 10.6 Å². The van der Waals surface area contributed by atoms with E-state index in [0.717, 1.165) is 11.7 Å². The summed E-state index contributed by atoms with van der Waals surface area (Å²) >= 11 is 6.64. The van der Waals surface area contributed by atoms with Crippen LogP contribution in [0.5, 0.6) is 0 Å². The molecule has 0 aliphatic carbocycles. The first-order valence-corrected chi connectivity index (χ1v) is 11.8. The van der Waals surface area contributed by atoms with Gasteiger partial charge in [-0.05, 0) is 48.5 Å². The molecular weight excluding hydrogens is 393 g/mol. The molecule has 0 aromatic heterocycles. The largest absolute Gasteiger partial charge is 0.192 e. The van der Waals surface area contributed by atoms with E-state index < -0.39 is 7.26 Å². The zero-order valence-electron chi connectivity index (χ0n) is 15.9. The minimum absolute atomic E-state index is 0.585. The fourth-order valence-electron chi connectivity index (χ4n) is 3.77. The van der Waals surface area contributed by atoms with Crippen LogP contribution in [0.1, 0.15) is 11.1 Å². The Morgan fingerprint density at radius 3 is 1.48 bits per heavy atom. The lowest BCUT2D eigenvalue weighted by molar-refractivity contribution is 1.37. The molecule has 0 aliphatic heterocycles. The molecule has 4 aromatic rings. The van der Waals surface area contributed by atoms with E-state index in [1.54, 1.807) is 6.07 Å². The molecule has 1 nitrogen and oxygen atoms in total. The molecule has 0 unspecified atom stereocenters. The number of nitrogens with zero attached hydrogens (tertiary/aromatic N) is 1. The number of halogens is 1. The molecule has 0 radical (unpaired) electrons. The Balaban J connectivity index is 1.99. The quantitative estimate of drug-likeness (QED) is 0.385. The molecule has 0 saturated carbocycles. The lowest BCUT2D eigenvalue weighted by Gasteiger charge is -2.28. The van der Waals surface area contributed by atoms with Crippen molar-refractivity contribution in [2.24, 2.45) is 0 Å². The van der Waals surface area contributed by atoms with Crippen molar-refractivity contribution in [3.05, 3.63) is 125 Å². The second-order valence-electron chi connectivity index (χ2n) is 6.89. The van der Waals surface area contributed by atoms with E-state index in [1.165, 1.54) is 15.9 Å². The van der Waals surface area contributed by atoms with Gasteiger partial charge in [0, 0.05) is 10.6 Å². The molecular formula is C26H20ClNP+. The monoisotopic (exact) mass is 412 g/mol. The maximum Gasteiger partial charge on any atom is 0.116 e. The zero-order chi connectivity index (χ0) is 20.1. The third-order valence-corrected chi connectivity index (χ3v) is 9.89. The summed E-state index contributed by atoms with van der Waals surface area (Å²) in [7, 11) is -1.99. The fourth-order valence-corrected chi connectivity index (χ4v) is 8.38. The van der Waals surface area contributed by atoms with E-state index in [1.807, 2.05) is 12.1 Å². The summed E-state index contributed by atoms with van der Waals surface area (Å²) in [5, 5.41) is 13.8. The molecule has 0 heterocycles. The van der Waals surface area contributed by atoms with Gasteiger partial charge in [-0.15, -0.1) is 0 Å². The minimum atomic E-state index is -1.99. The highest BCUT2D eigenvalue weighted by molar-refractivity contribution is 7.95. The second kappa shape index (κ2) is 8.62. The van der Waals surface area contributed by atoms with E-state index in [4.69, 9.17) is 11.6 Å². The summed E-state index contributed by atoms with van der Waals surface area (Å²) in [6.07, 6.45) is 0.801. The van der Waals surface area contributed by atoms with Crippen LogP contribution in [-0.2, 0) is 6.16 Å². The molecule has 0 spiro atoms. The summed E-state index contributed by atoms with van der Waals surface area (Å²) in [5.74, 6) is 0. The topological polar surface area (TPSA) is 23.8 Å². The second-order valence-corrected chi connectivity index (χ2v) is 10.8. The van der Waals surface area contributed by atoms with Crippen molar-refractivity contribution < 1.29 is 0 Å². The van der Waals surface area contributed by atoms with Crippen molar-refractivity contribution in [2.75, 3.05) is 0 Å². The lowest BCUT2D eigenvalue weighted by Crippen LogP contribution is -2.32. The van der Waals surface area contributed by atoms with E-state index >= 15 is 0 Å². The summed E-state index contributed by atoms with van der Waals surface area (Å²) in [5.41, 5.74) is 1.65. The predicted octanol–water partition coefficient (Wildman–Crippen LogP) is 5.71. The highest BCUT2D eigenvalue weighted by atomic mass is 35.5. The van der Waals surface area contributed by atoms with Crippen LogP contribution in [0.25, 0.3) is 0 Å². The minimum Gasteiger partial charge on any atom is -0.192 e. The molecule has 0 amide bonds. The summed E-state index contributed by atoms with van der Waals surface area (Å²) in [6, 6.07) is 40.0. The molecule has 0 saturated heterocycles. The molecule has 140 valence electrons. The van der Waals surface area contributed by atoms with Crippen LogP contribution in [0.2, 0.25) is 5.02 Å². The van der Waals surface area contributed by atoms with Crippen molar-refractivity contribution >= 4 is 34.8 Å². The predicted molar refractivity (Wildman–Crippen MR) is 125 cm³/mol. The van der Waals surface area contributed by atoms with Gasteiger partial charge in [-0.25, -0.2) is 0 Å². The molecule has 3 heteroatoms. The van der Waals surface area contributed by atoms with Gasteiger partial charge in [0.1, 0.15) is 23.2 Å². The fraction of sp³-hybridized carbons (Fsp3) is 0.0385. The van der Waals surface area contributed by atoms with Crippen LogP contribution < -0.4 is 15.9 Å². The van der Waals surface area contributed by atoms with E-state index in [9.17, 15) is 5.26 Å². The van der Waals surface area contributed by atoms with Crippen LogP contribution in [0, 0.1) is 11.3 Å². The number of benzene rings is 4. The molecule has 0 bridgehead atoms. The standard InChI is InChI=1S/C26H20ClNP/c27-26-18-21(19-28)16-17-22(26)20-29(23-10-4-1-5-11-23,24-12-6-2-7-13-24)25-14-8-3-9-15-25/h1-18H,20H2/q+1. The maximum absolute atomic E-state index is 9.22. The van der Waals surface area contributed by atoms with Gasteiger partial charge in [-0.3, -0.25) is 0 Å². The third-order valence-electron chi connectivity index (χ3n) is 5.18. The number of nitriles is 1. The Morgan fingerprint density at radius 1 is 0.655 bits per heavy atom. The van der Waals surface area contributed by atoms with Crippen LogP contribution in [0.4, 0.5) is 0 Å². The van der Waals surface area contributed by atoms with Gasteiger partial charge in [0.25, 0.3) is 0 Å². The Hall–Kier alpha value is -2.91. The zero-order valence-corrected chi connectivity index (χ0v) is 17.5. The van der Waals surface area contributed by atoms with Gasteiger partial charge in [0.05, 0.1) is 17.8 Å². The molecule has 0 N–H and O–H groups in total. The average molecular weight is 413 g/mol. The molecule has 0 atom stereocenters. The summed E-state index contributed by atoms with van der Waals surface area (Å²) in [4.78, 5) is 0. The van der Waals surface area contributed by atoms with Gasteiger partial charge in [0.2, 0.25) is 0 Å². The highest BCUT2D eigenvalue weighted by Crippen LogP contribution is 2.58. The third kappa shape index (κ3) is 3.83. The van der Waals surface area contributed by atoms with Crippen LogP contribution in [0.15, 0.2) is 109 Å². The maximum atomic E-state index is 9.22. The smallest absolute Gasteiger partial charge is 0.116 e. The first-order chi connectivity index (χ1) is 14.2. The van der Waals surface area contributed by atoms with Crippen molar-refractivity contribution in [1.29, 1.82) is 5.26 Å². The van der Waals surface area contributed by atoms with Crippen molar-refractivity contribution in [3.8, 4) is 6.07 Å². The van der Waals surface area contributed by atoms with Crippen molar-refractivity contribution in [2.45, 2.75) is 6.16 Å². The Morgan fingerprint density at radius 2 is 1.10 bits per heavy atom. The van der Waals surface area contributed by atoms with Crippen LogP contribution in [-0.4, -0.2) is 0 Å². The number of rotatable bonds is 5. The Labute approximate surface area is 177 Å². The van der Waals surface area contributed by atoms with Crippen molar-refractivity contribution in [3.63, 3.8) is 0 Å². The number of hydrogen-bond acceptors (Lipinski definition) is 1. The van der Waals surface area contributed by atoms with Gasteiger partial charge in [-0.2, -0.15) is 5.26 Å². The SMILES string of the molecule is N#Cc1ccc(C[P+](c2ccccc2)(c2ccccc2)c2ccccc2)c(Cl)c1. The first-order valence-electron chi connectivity index (χ1n) is 9.47. The molecule has 0 aliphatic rings. The number of hydrogen-bond donors (Lipinski definition) is 0. The molecule has 29 heavy (non-hydrogen) atoms. The van der Waals surface area contributed by atoms with Crippen molar-refractivity contribution in [1.82, 2.24) is 0 Å². The Bertz CT molecular complexity index is 1040. The molecule has 0 fully saturated rings. The van der Waals surface area contributed by atoms with Gasteiger partial charge >= 0.3 is 0 Å². The van der Waals surface area contributed by atoms with Gasteiger partial charge in [-0.1, -0.05) is 72.3 Å². The van der Waals surface area contributed by atoms with E-state index in [2.05, 4.69) is 97.1 Å². The van der Waals surface area contributed by atoms with Crippen LogP contribution in [0.3, 0.4) is 0 Å².